The summed E-state index contributed by atoms with van der Waals surface area (Å²) in [5.41, 5.74) is 1.58. The van der Waals surface area contributed by atoms with Crippen LogP contribution < -0.4 is 10.2 Å². The minimum Gasteiger partial charge on any atom is -0.347 e. The van der Waals surface area contributed by atoms with Crippen LogP contribution in [0.2, 0.25) is 0 Å². The Hall–Kier alpha value is -3.57. The van der Waals surface area contributed by atoms with Crippen molar-refractivity contribution in [1.82, 2.24) is 0 Å². The molecule has 118 valence electrons. The molecule has 0 spiro atoms. The Morgan fingerprint density at radius 2 is 1.79 bits per heavy atom. The molecular weight excluding hydrogens is 300 g/mol. The monoisotopic (exact) mass is 316 g/mol. The third kappa shape index (κ3) is 4.00. The van der Waals surface area contributed by atoms with Crippen LogP contribution in [0, 0.1) is 22.7 Å². The fraction of sp³-hybridized carbons (Fsp3) is 0.105. The number of nitrogens with one attached hydrogen (secondary N) is 1. The van der Waals surface area contributed by atoms with Gasteiger partial charge in [-0.1, -0.05) is 30.3 Å². The second-order valence-electron chi connectivity index (χ2n) is 4.89. The van der Waals surface area contributed by atoms with Gasteiger partial charge >= 0.3 is 0 Å². The third-order valence-corrected chi connectivity index (χ3v) is 3.37. The summed E-state index contributed by atoms with van der Waals surface area (Å²) in [6.07, 6.45) is 1.51. The zero-order chi connectivity index (χ0) is 17.4. The second-order valence-corrected chi connectivity index (χ2v) is 4.89. The fourth-order valence-electron chi connectivity index (χ4n) is 2.14. The SMILES string of the molecule is CCN(/C=C(/C#N)C(=O)Nc1ccccc1C#N)c1ccccc1. The van der Waals surface area contributed by atoms with E-state index in [1.165, 1.54) is 6.20 Å². The van der Waals surface area contributed by atoms with E-state index in [0.29, 0.717) is 17.8 Å². The van der Waals surface area contributed by atoms with E-state index in [2.05, 4.69) is 5.32 Å². The first-order chi connectivity index (χ1) is 11.7. The van der Waals surface area contributed by atoms with Gasteiger partial charge in [0.2, 0.25) is 0 Å². The molecule has 0 aliphatic carbocycles. The van der Waals surface area contributed by atoms with Crippen LogP contribution in [-0.4, -0.2) is 12.5 Å². The summed E-state index contributed by atoms with van der Waals surface area (Å²) in [4.78, 5) is 14.2. The molecule has 0 saturated carbocycles. The first-order valence-corrected chi connectivity index (χ1v) is 7.43. The lowest BCUT2D eigenvalue weighted by Crippen LogP contribution is -2.20. The van der Waals surface area contributed by atoms with Crippen LogP contribution >= 0.6 is 0 Å². The van der Waals surface area contributed by atoms with Gasteiger partial charge in [-0.15, -0.1) is 0 Å². The lowest BCUT2D eigenvalue weighted by Gasteiger charge is -2.18. The highest BCUT2D eigenvalue weighted by Gasteiger charge is 2.13. The van der Waals surface area contributed by atoms with E-state index in [-0.39, 0.29) is 5.57 Å². The first-order valence-electron chi connectivity index (χ1n) is 7.43. The van der Waals surface area contributed by atoms with Crippen LogP contribution in [0.25, 0.3) is 0 Å². The maximum absolute atomic E-state index is 12.4. The molecule has 0 radical (unpaired) electrons. The molecule has 0 unspecified atom stereocenters. The molecule has 24 heavy (non-hydrogen) atoms. The van der Waals surface area contributed by atoms with Crippen LogP contribution in [0.5, 0.6) is 0 Å². The Morgan fingerprint density at radius 1 is 1.12 bits per heavy atom. The van der Waals surface area contributed by atoms with Crippen LogP contribution in [-0.2, 0) is 4.79 Å². The number of para-hydroxylation sites is 2. The van der Waals surface area contributed by atoms with E-state index < -0.39 is 5.91 Å². The summed E-state index contributed by atoms with van der Waals surface area (Å²) < 4.78 is 0. The van der Waals surface area contributed by atoms with Gasteiger partial charge in [0.15, 0.2) is 0 Å². The highest BCUT2D eigenvalue weighted by molar-refractivity contribution is 6.07. The molecule has 2 aromatic carbocycles. The van der Waals surface area contributed by atoms with Crippen LogP contribution in [0.4, 0.5) is 11.4 Å². The average molecular weight is 316 g/mol. The molecule has 0 bridgehead atoms. The number of rotatable bonds is 5. The van der Waals surface area contributed by atoms with Gasteiger partial charge in [0, 0.05) is 18.4 Å². The number of nitrogens with zero attached hydrogens (tertiary/aromatic N) is 3. The Bertz CT molecular complexity index is 828. The predicted octanol–water partition coefficient (Wildman–Crippen LogP) is 3.43. The molecule has 0 fully saturated rings. The minimum atomic E-state index is -0.547. The minimum absolute atomic E-state index is 0.0338. The Kier molecular flexibility index (Phi) is 5.71. The van der Waals surface area contributed by atoms with Gasteiger partial charge < -0.3 is 10.2 Å². The van der Waals surface area contributed by atoms with Crippen molar-refractivity contribution in [2.75, 3.05) is 16.8 Å². The number of anilines is 2. The summed E-state index contributed by atoms with van der Waals surface area (Å²) in [5, 5.41) is 21.0. The Morgan fingerprint density at radius 3 is 2.42 bits per heavy atom. The molecular formula is C19H16N4O. The van der Waals surface area contributed by atoms with E-state index in [9.17, 15) is 10.1 Å². The van der Waals surface area contributed by atoms with Crippen molar-refractivity contribution >= 4 is 17.3 Å². The third-order valence-electron chi connectivity index (χ3n) is 3.37. The summed E-state index contributed by atoms with van der Waals surface area (Å²) in [5.74, 6) is -0.547. The van der Waals surface area contributed by atoms with Gasteiger partial charge in [-0.3, -0.25) is 4.79 Å². The predicted molar refractivity (Wildman–Crippen MR) is 92.9 cm³/mol. The number of amides is 1. The van der Waals surface area contributed by atoms with Gasteiger partial charge in [-0.2, -0.15) is 10.5 Å². The molecule has 5 heteroatoms. The number of hydrogen-bond acceptors (Lipinski definition) is 4. The standard InChI is InChI=1S/C19H16N4O/c1-2-23(17-9-4-3-5-10-17)14-16(13-21)19(24)22-18-11-7-6-8-15(18)12-20/h3-11,14H,2H2,1H3,(H,22,24)/b16-14-. The van der Waals surface area contributed by atoms with Crippen LogP contribution in [0.1, 0.15) is 12.5 Å². The summed E-state index contributed by atoms with van der Waals surface area (Å²) in [6, 6.07) is 20.1. The Balaban J connectivity index is 2.25. The molecule has 1 N–H and O–H groups in total. The molecule has 1 amide bonds. The smallest absolute Gasteiger partial charge is 0.267 e. The molecule has 0 saturated heterocycles. The quantitative estimate of drug-likeness (QED) is 0.677. The van der Waals surface area contributed by atoms with Crippen molar-refractivity contribution < 1.29 is 4.79 Å². The lowest BCUT2D eigenvalue weighted by atomic mass is 10.2. The second kappa shape index (κ2) is 8.17. The zero-order valence-corrected chi connectivity index (χ0v) is 13.2. The molecule has 5 nitrogen and oxygen atoms in total. The molecule has 2 rings (SSSR count). The maximum atomic E-state index is 12.4. The topological polar surface area (TPSA) is 79.9 Å². The number of carbonyl (C=O) groups is 1. The lowest BCUT2D eigenvalue weighted by molar-refractivity contribution is -0.112. The van der Waals surface area contributed by atoms with Crippen LogP contribution in [0.3, 0.4) is 0 Å². The molecule has 0 aliphatic rings. The number of benzene rings is 2. The summed E-state index contributed by atoms with van der Waals surface area (Å²) in [7, 11) is 0. The first kappa shape index (κ1) is 16.8. The van der Waals surface area contributed by atoms with Crippen molar-refractivity contribution in [2.24, 2.45) is 0 Å². The van der Waals surface area contributed by atoms with E-state index in [4.69, 9.17) is 5.26 Å². The van der Waals surface area contributed by atoms with Crippen molar-refractivity contribution in [2.45, 2.75) is 6.92 Å². The van der Waals surface area contributed by atoms with E-state index in [1.807, 2.05) is 54.3 Å². The molecule has 0 aliphatic heterocycles. The number of hydrogen-bond donors (Lipinski definition) is 1. The molecule has 0 atom stereocenters. The van der Waals surface area contributed by atoms with E-state index >= 15 is 0 Å². The summed E-state index contributed by atoms with van der Waals surface area (Å²) >= 11 is 0. The van der Waals surface area contributed by atoms with Crippen molar-refractivity contribution in [3.05, 3.63) is 71.9 Å². The van der Waals surface area contributed by atoms with Gasteiger partial charge in [0.1, 0.15) is 17.7 Å². The average Bonchev–Trinajstić information content (AvgIpc) is 2.63. The maximum Gasteiger partial charge on any atom is 0.267 e. The van der Waals surface area contributed by atoms with Crippen molar-refractivity contribution in [3.8, 4) is 12.1 Å². The zero-order valence-electron chi connectivity index (χ0n) is 13.2. The van der Waals surface area contributed by atoms with Crippen molar-refractivity contribution in [3.63, 3.8) is 0 Å². The highest BCUT2D eigenvalue weighted by Crippen LogP contribution is 2.17. The number of carbonyl (C=O) groups excluding carboxylic acids is 1. The number of nitriles is 2. The fourth-order valence-corrected chi connectivity index (χ4v) is 2.14. The highest BCUT2D eigenvalue weighted by atomic mass is 16.1. The van der Waals surface area contributed by atoms with Gasteiger partial charge in [-0.25, -0.2) is 0 Å². The molecule has 2 aromatic rings. The van der Waals surface area contributed by atoms with E-state index in [1.54, 1.807) is 24.3 Å². The largest absolute Gasteiger partial charge is 0.347 e. The van der Waals surface area contributed by atoms with Crippen LogP contribution in [0.15, 0.2) is 66.4 Å². The normalized spacial score (nSPS) is 10.4. The Labute approximate surface area is 141 Å². The summed E-state index contributed by atoms with van der Waals surface area (Å²) in [6.45, 7) is 2.54. The van der Waals surface area contributed by atoms with Gasteiger partial charge in [0.05, 0.1) is 11.3 Å². The molecule has 0 heterocycles. The van der Waals surface area contributed by atoms with Gasteiger partial charge in [0.25, 0.3) is 5.91 Å². The van der Waals surface area contributed by atoms with Crippen molar-refractivity contribution in [1.29, 1.82) is 10.5 Å². The van der Waals surface area contributed by atoms with E-state index in [0.717, 1.165) is 5.69 Å². The van der Waals surface area contributed by atoms with Gasteiger partial charge in [-0.05, 0) is 31.2 Å². The molecule has 0 aromatic heterocycles.